The molecule has 104 valence electrons. The maximum Gasteiger partial charge on any atom is 0.410 e. The lowest BCUT2D eigenvalue weighted by Gasteiger charge is -2.44. The normalized spacial score (nSPS) is 22.1. The Morgan fingerprint density at radius 3 is 2.79 bits per heavy atom. The molecule has 1 aromatic rings. The monoisotopic (exact) mass is 263 g/mol. The number of carbonyl (C=O) groups is 1. The van der Waals surface area contributed by atoms with E-state index in [0.717, 1.165) is 18.4 Å². The third-order valence-corrected chi connectivity index (χ3v) is 3.80. The second kappa shape index (κ2) is 5.61. The van der Waals surface area contributed by atoms with E-state index in [1.54, 1.807) is 4.90 Å². The summed E-state index contributed by atoms with van der Waals surface area (Å²) in [6.45, 7) is 4.65. The molecule has 1 aromatic carbocycles. The molecule has 4 nitrogen and oxygen atoms in total. The van der Waals surface area contributed by atoms with Gasteiger partial charge in [0, 0.05) is 6.54 Å². The first kappa shape index (κ1) is 13.9. The first-order valence-corrected chi connectivity index (χ1v) is 6.68. The van der Waals surface area contributed by atoms with Crippen LogP contribution < -0.4 is 0 Å². The Kier molecular flexibility index (Phi) is 4.10. The molecule has 0 aliphatic carbocycles. The zero-order valence-corrected chi connectivity index (χ0v) is 11.5. The van der Waals surface area contributed by atoms with Crippen LogP contribution in [0.4, 0.5) is 4.79 Å². The largest absolute Gasteiger partial charge is 0.445 e. The highest BCUT2D eigenvalue weighted by Gasteiger charge is 2.40. The van der Waals surface area contributed by atoms with Crippen molar-refractivity contribution >= 4 is 6.09 Å². The summed E-state index contributed by atoms with van der Waals surface area (Å²) in [7, 11) is 0. The molecule has 0 saturated carbocycles. The van der Waals surface area contributed by atoms with Gasteiger partial charge in [-0.05, 0) is 32.3 Å². The Morgan fingerprint density at radius 2 is 2.11 bits per heavy atom. The van der Waals surface area contributed by atoms with E-state index in [2.05, 4.69) is 0 Å². The Bertz CT molecular complexity index is 430. The van der Waals surface area contributed by atoms with Gasteiger partial charge in [-0.25, -0.2) is 4.79 Å². The van der Waals surface area contributed by atoms with Crippen molar-refractivity contribution in [2.75, 3.05) is 6.54 Å². The first-order valence-electron chi connectivity index (χ1n) is 6.68. The maximum atomic E-state index is 12.1. The van der Waals surface area contributed by atoms with Crippen molar-refractivity contribution in [3.8, 4) is 0 Å². The summed E-state index contributed by atoms with van der Waals surface area (Å²) < 4.78 is 5.33. The molecule has 1 atom stereocenters. The zero-order valence-electron chi connectivity index (χ0n) is 11.5. The summed E-state index contributed by atoms with van der Waals surface area (Å²) in [5.41, 5.74) is 0.401. The predicted octanol–water partition coefficient (Wildman–Crippen LogP) is 2.56. The Morgan fingerprint density at radius 1 is 1.42 bits per heavy atom. The zero-order chi connectivity index (χ0) is 13.9. The molecule has 1 heterocycles. The minimum absolute atomic E-state index is 0.266. The summed E-state index contributed by atoms with van der Waals surface area (Å²) in [6.07, 6.45) is 0.693. The van der Waals surface area contributed by atoms with Crippen LogP contribution >= 0.6 is 0 Å². The molecule has 1 amide bonds. The van der Waals surface area contributed by atoms with Crippen molar-refractivity contribution in [1.29, 1.82) is 0 Å². The van der Waals surface area contributed by atoms with Crippen molar-refractivity contribution in [3.63, 3.8) is 0 Å². The fourth-order valence-corrected chi connectivity index (χ4v) is 2.39. The molecule has 1 N–H and O–H groups in total. The van der Waals surface area contributed by atoms with Crippen LogP contribution in [0.3, 0.4) is 0 Å². The summed E-state index contributed by atoms with van der Waals surface area (Å²) >= 11 is 0. The lowest BCUT2D eigenvalue weighted by molar-refractivity contribution is -0.0407. The van der Waals surface area contributed by atoms with E-state index in [1.807, 2.05) is 44.2 Å². The van der Waals surface area contributed by atoms with Gasteiger partial charge in [0.05, 0.1) is 11.6 Å². The number of hydrogen-bond donors (Lipinski definition) is 1. The molecule has 0 bridgehead atoms. The van der Waals surface area contributed by atoms with Crippen LogP contribution in [0.15, 0.2) is 30.3 Å². The van der Waals surface area contributed by atoms with Crippen molar-refractivity contribution in [1.82, 2.24) is 4.90 Å². The topological polar surface area (TPSA) is 49.8 Å². The quantitative estimate of drug-likeness (QED) is 0.892. The van der Waals surface area contributed by atoms with Gasteiger partial charge in [0.2, 0.25) is 0 Å². The number of amides is 1. The van der Waals surface area contributed by atoms with Crippen LogP contribution in [-0.4, -0.2) is 34.3 Å². The van der Waals surface area contributed by atoms with E-state index < -0.39 is 11.6 Å². The molecule has 1 aliphatic rings. The number of benzene rings is 1. The summed E-state index contributed by atoms with van der Waals surface area (Å²) in [5.74, 6) is 0. The molecule has 2 rings (SSSR count). The number of ether oxygens (including phenoxy) is 1. The second-order valence-electron chi connectivity index (χ2n) is 5.50. The lowest BCUT2D eigenvalue weighted by atomic mass is 9.88. The number of carbonyl (C=O) groups excluding carboxylic acids is 1. The molecule has 1 fully saturated rings. The molecule has 1 saturated heterocycles. The highest BCUT2D eigenvalue weighted by molar-refractivity contribution is 5.69. The lowest BCUT2D eigenvalue weighted by Crippen LogP contribution is -2.58. The predicted molar refractivity (Wildman–Crippen MR) is 72.7 cm³/mol. The Balaban J connectivity index is 1.96. The van der Waals surface area contributed by atoms with Gasteiger partial charge in [0.1, 0.15) is 6.61 Å². The van der Waals surface area contributed by atoms with Gasteiger partial charge < -0.3 is 14.7 Å². The maximum absolute atomic E-state index is 12.1. The average molecular weight is 263 g/mol. The van der Waals surface area contributed by atoms with Gasteiger partial charge >= 0.3 is 6.09 Å². The van der Waals surface area contributed by atoms with E-state index in [9.17, 15) is 9.90 Å². The molecule has 0 spiro atoms. The summed E-state index contributed by atoms with van der Waals surface area (Å²) in [4.78, 5) is 13.8. The molecule has 19 heavy (non-hydrogen) atoms. The Hall–Kier alpha value is -1.55. The van der Waals surface area contributed by atoms with Crippen molar-refractivity contribution < 1.29 is 14.6 Å². The second-order valence-corrected chi connectivity index (χ2v) is 5.50. The third-order valence-electron chi connectivity index (χ3n) is 3.80. The van der Waals surface area contributed by atoms with E-state index in [4.69, 9.17) is 4.74 Å². The summed E-state index contributed by atoms with van der Waals surface area (Å²) in [6, 6.07) is 9.60. The van der Waals surface area contributed by atoms with Gasteiger partial charge in [0.15, 0.2) is 0 Å². The molecular weight excluding hydrogens is 242 g/mol. The Labute approximate surface area is 114 Å². The molecule has 4 heteroatoms. The van der Waals surface area contributed by atoms with E-state index >= 15 is 0 Å². The number of piperidine rings is 1. The molecular formula is C15H21NO3. The highest BCUT2D eigenvalue weighted by atomic mass is 16.6. The van der Waals surface area contributed by atoms with Gasteiger partial charge in [-0.2, -0.15) is 0 Å². The minimum atomic E-state index is -0.563. The van der Waals surface area contributed by atoms with Crippen LogP contribution in [-0.2, 0) is 11.3 Å². The number of aliphatic hydroxyl groups excluding tert-OH is 1. The number of hydrogen-bond acceptors (Lipinski definition) is 3. The molecule has 1 aliphatic heterocycles. The van der Waals surface area contributed by atoms with Crippen molar-refractivity contribution in [2.45, 2.75) is 44.9 Å². The number of aliphatic hydroxyl groups is 1. The van der Waals surface area contributed by atoms with Gasteiger partial charge in [-0.1, -0.05) is 30.3 Å². The van der Waals surface area contributed by atoms with Crippen LogP contribution in [0.5, 0.6) is 0 Å². The van der Waals surface area contributed by atoms with Gasteiger partial charge in [-0.3, -0.25) is 0 Å². The molecule has 0 aromatic heterocycles. The highest BCUT2D eigenvalue weighted by Crippen LogP contribution is 2.28. The van der Waals surface area contributed by atoms with Crippen molar-refractivity contribution in [2.24, 2.45) is 0 Å². The molecule has 0 radical (unpaired) electrons. The number of likely N-dealkylation sites (tertiary alicyclic amines) is 1. The van der Waals surface area contributed by atoms with E-state index in [0.29, 0.717) is 6.54 Å². The van der Waals surface area contributed by atoms with E-state index in [1.165, 1.54) is 0 Å². The standard InChI is InChI=1S/C15H21NO3/c1-15(2)13(17)9-6-10-16(15)14(18)19-11-12-7-4-3-5-8-12/h3-5,7-8,13,17H,6,9-11H2,1-2H3. The number of nitrogens with zero attached hydrogens (tertiary/aromatic N) is 1. The smallest absolute Gasteiger partial charge is 0.410 e. The fraction of sp³-hybridized carbons (Fsp3) is 0.533. The van der Waals surface area contributed by atoms with Crippen LogP contribution in [0.25, 0.3) is 0 Å². The average Bonchev–Trinajstić information content (AvgIpc) is 2.40. The third kappa shape index (κ3) is 3.07. The van der Waals surface area contributed by atoms with Crippen LogP contribution in [0, 0.1) is 0 Å². The van der Waals surface area contributed by atoms with Gasteiger partial charge in [-0.15, -0.1) is 0 Å². The van der Waals surface area contributed by atoms with E-state index in [-0.39, 0.29) is 12.7 Å². The SMILES string of the molecule is CC1(C)C(O)CCCN1C(=O)OCc1ccccc1. The fourth-order valence-electron chi connectivity index (χ4n) is 2.39. The van der Waals surface area contributed by atoms with Crippen molar-refractivity contribution in [3.05, 3.63) is 35.9 Å². The van der Waals surface area contributed by atoms with Crippen LogP contribution in [0.1, 0.15) is 32.3 Å². The number of rotatable bonds is 2. The molecule has 1 unspecified atom stereocenters. The summed E-state index contributed by atoms with van der Waals surface area (Å²) in [5, 5.41) is 9.99. The van der Waals surface area contributed by atoms with Crippen LogP contribution in [0.2, 0.25) is 0 Å². The van der Waals surface area contributed by atoms with Gasteiger partial charge in [0.25, 0.3) is 0 Å². The first-order chi connectivity index (χ1) is 9.01. The minimum Gasteiger partial charge on any atom is -0.445 e.